The average Bonchev–Trinajstić information content (AvgIpc) is 2.56. The summed E-state index contributed by atoms with van der Waals surface area (Å²) in [7, 11) is 0. The van der Waals surface area contributed by atoms with Crippen LogP contribution in [0.25, 0.3) is 10.9 Å². The average molecular weight is 443 g/mol. The normalized spacial score (nSPS) is 16.0. The van der Waals surface area contributed by atoms with Gasteiger partial charge in [0.15, 0.2) is 0 Å². The molecule has 1 amide bonds. The highest BCUT2D eigenvalue weighted by Crippen LogP contribution is 2.32. The van der Waals surface area contributed by atoms with Gasteiger partial charge in [0.05, 0.1) is 0 Å². The molecule has 0 bridgehead atoms. The lowest BCUT2D eigenvalue weighted by molar-refractivity contribution is 0.0127. The summed E-state index contributed by atoms with van der Waals surface area (Å²) in [5, 5.41) is 1.03. The molecule has 0 aliphatic carbocycles. The monoisotopic (exact) mass is 441 g/mol. The molecule has 1 fully saturated rings. The molecular formula is C18H21BrClN3O3. The van der Waals surface area contributed by atoms with Gasteiger partial charge in [0, 0.05) is 42.0 Å². The Morgan fingerprint density at radius 2 is 2.00 bits per heavy atom. The first-order valence-electron chi connectivity index (χ1n) is 8.48. The number of amides is 1. The van der Waals surface area contributed by atoms with Crippen LogP contribution in [0.15, 0.2) is 22.8 Å². The van der Waals surface area contributed by atoms with Gasteiger partial charge < -0.3 is 14.4 Å². The molecule has 1 aromatic carbocycles. The lowest BCUT2D eigenvalue weighted by Crippen LogP contribution is -2.44. The van der Waals surface area contributed by atoms with Gasteiger partial charge in [-0.3, -0.25) is 0 Å². The van der Waals surface area contributed by atoms with Crippen molar-refractivity contribution in [3.63, 3.8) is 0 Å². The first-order chi connectivity index (χ1) is 12.2. The molecule has 8 heteroatoms. The summed E-state index contributed by atoms with van der Waals surface area (Å²) in [5.41, 5.74) is 0.189. The molecule has 6 nitrogen and oxygen atoms in total. The van der Waals surface area contributed by atoms with Crippen molar-refractivity contribution in [3.05, 3.63) is 28.1 Å². The zero-order chi connectivity index (χ0) is 18.9. The van der Waals surface area contributed by atoms with Crippen LogP contribution in [0.1, 0.15) is 33.6 Å². The van der Waals surface area contributed by atoms with Crippen LogP contribution in [0, 0.1) is 0 Å². The Labute approximate surface area is 166 Å². The number of nitrogens with zero attached hydrogens (tertiary/aromatic N) is 3. The van der Waals surface area contributed by atoms with Crippen molar-refractivity contribution in [3.8, 4) is 5.75 Å². The zero-order valence-electron chi connectivity index (χ0n) is 15.0. The summed E-state index contributed by atoms with van der Waals surface area (Å²) in [5.74, 6) is 0.670. The van der Waals surface area contributed by atoms with E-state index in [-0.39, 0.29) is 17.5 Å². The maximum Gasteiger partial charge on any atom is 0.410 e. The molecule has 1 aliphatic rings. The fourth-order valence-corrected chi connectivity index (χ4v) is 3.35. The minimum atomic E-state index is -0.486. The Balaban J connectivity index is 1.67. The third-order valence-electron chi connectivity index (χ3n) is 4.02. The largest absolute Gasteiger partial charge is 0.488 e. The van der Waals surface area contributed by atoms with Crippen LogP contribution in [0.3, 0.4) is 0 Å². The molecular weight excluding hydrogens is 422 g/mol. The predicted octanol–water partition coefficient (Wildman–Crippen LogP) is 4.82. The molecule has 0 saturated carbocycles. The fraction of sp³-hybridized carbons (Fsp3) is 0.500. The van der Waals surface area contributed by atoms with E-state index >= 15 is 0 Å². The van der Waals surface area contributed by atoms with E-state index in [1.54, 1.807) is 11.1 Å². The SMILES string of the molecule is CC(C)(C)OC(=O)N1CCC(Oc2ccc(Br)c3cnc(Cl)nc23)CC1. The number of halogens is 2. The van der Waals surface area contributed by atoms with Crippen molar-refractivity contribution in [1.82, 2.24) is 14.9 Å². The van der Waals surface area contributed by atoms with Crippen LogP contribution in [0.5, 0.6) is 5.75 Å². The molecule has 1 aromatic heterocycles. The maximum absolute atomic E-state index is 12.2. The highest BCUT2D eigenvalue weighted by Gasteiger charge is 2.28. The van der Waals surface area contributed by atoms with Gasteiger partial charge in [-0.1, -0.05) is 15.9 Å². The number of hydrogen-bond donors (Lipinski definition) is 0. The van der Waals surface area contributed by atoms with Crippen molar-refractivity contribution in [2.45, 2.75) is 45.3 Å². The van der Waals surface area contributed by atoms with Crippen molar-refractivity contribution in [1.29, 1.82) is 0 Å². The molecule has 0 spiro atoms. The molecule has 26 heavy (non-hydrogen) atoms. The summed E-state index contributed by atoms with van der Waals surface area (Å²) in [6, 6.07) is 3.78. The maximum atomic E-state index is 12.2. The number of likely N-dealkylation sites (tertiary alicyclic amines) is 1. The minimum Gasteiger partial charge on any atom is -0.488 e. The van der Waals surface area contributed by atoms with Gasteiger partial charge in [0.1, 0.15) is 23.0 Å². The summed E-state index contributed by atoms with van der Waals surface area (Å²) in [6.07, 6.45) is 2.87. The molecule has 0 unspecified atom stereocenters. The predicted molar refractivity (Wildman–Crippen MR) is 104 cm³/mol. The Kier molecular flexibility index (Phi) is 5.58. The topological polar surface area (TPSA) is 64.5 Å². The van der Waals surface area contributed by atoms with Crippen molar-refractivity contribution in [2.75, 3.05) is 13.1 Å². The van der Waals surface area contributed by atoms with Crippen molar-refractivity contribution in [2.24, 2.45) is 0 Å². The van der Waals surface area contributed by atoms with Gasteiger partial charge in [0.25, 0.3) is 0 Å². The standard InChI is InChI=1S/C18H21BrClN3O3/c1-18(2,3)26-17(24)23-8-6-11(7-9-23)25-14-5-4-13(19)12-10-21-16(20)22-15(12)14/h4-5,10-11H,6-9H2,1-3H3. The third-order valence-corrected chi connectivity index (χ3v) is 4.89. The Bertz CT molecular complexity index is 817. The number of carbonyl (C=O) groups is 1. The van der Waals surface area contributed by atoms with Crippen LogP contribution in [0.4, 0.5) is 4.79 Å². The smallest absolute Gasteiger partial charge is 0.410 e. The quantitative estimate of drug-likeness (QED) is 0.624. The summed E-state index contributed by atoms with van der Waals surface area (Å²) >= 11 is 9.43. The van der Waals surface area contributed by atoms with Gasteiger partial charge in [-0.25, -0.2) is 14.8 Å². The lowest BCUT2D eigenvalue weighted by Gasteiger charge is -2.33. The number of rotatable bonds is 2. The summed E-state index contributed by atoms with van der Waals surface area (Å²) < 4.78 is 12.5. The second-order valence-electron chi connectivity index (χ2n) is 7.23. The number of aromatic nitrogens is 2. The number of hydrogen-bond acceptors (Lipinski definition) is 5. The second kappa shape index (κ2) is 7.56. The van der Waals surface area contributed by atoms with Gasteiger partial charge >= 0.3 is 6.09 Å². The van der Waals surface area contributed by atoms with E-state index < -0.39 is 5.60 Å². The second-order valence-corrected chi connectivity index (χ2v) is 8.42. The molecule has 0 N–H and O–H groups in total. The molecule has 1 aliphatic heterocycles. The van der Waals surface area contributed by atoms with Crippen LogP contribution in [-0.2, 0) is 4.74 Å². The molecule has 2 heterocycles. The van der Waals surface area contributed by atoms with E-state index in [0.29, 0.717) is 24.4 Å². The van der Waals surface area contributed by atoms with Gasteiger partial charge in [-0.15, -0.1) is 0 Å². The van der Waals surface area contributed by atoms with Gasteiger partial charge in [-0.05, 0) is 44.5 Å². The molecule has 2 aromatic rings. The molecule has 140 valence electrons. The zero-order valence-corrected chi connectivity index (χ0v) is 17.3. The van der Waals surface area contributed by atoms with E-state index in [9.17, 15) is 4.79 Å². The van der Waals surface area contributed by atoms with Crippen LogP contribution < -0.4 is 4.74 Å². The van der Waals surface area contributed by atoms with E-state index in [1.807, 2.05) is 32.9 Å². The molecule has 1 saturated heterocycles. The third kappa shape index (κ3) is 4.57. The number of fused-ring (bicyclic) bond motifs is 1. The fourth-order valence-electron chi connectivity index (χ4n) is 2.80. The summed E-state index contributed by atoms with van der Waals surface area (Å²) in [4.78, 5) is 22.2. The summed E-state index contributed by atoms with van der Waals surface area (Å²) in [6.45, 7) is 6.80. The van der Waals surface area contributed by atoms with Crippen LogP contribution in [0.2, 0.25) is 5.28 Å². The molecule has 0 atom stereocenters. The van der Waals surface area contributed by atoms with E-state index in [2.05, 4.69) is 25.9 Å². The first-order valence-corrected chi connectivity index (χ1v) is 9.65. The van der Waals surface area contributed by atoms with E-state index in [4.69, 9.17) is 21.1 Å². The number of benzene rings is 1. The molecule has 0 radical (unpaired) electrons. The molecule has 3 rings (SSSR count). The highest BCUT2D eigenvalue weighted by molar-refractivity contribution is 9.10. The minimum absolute atomic E-state index is 0.00630. The highest BCUT2D eigenvalue weighted by atomic mass is 79.9. The Morgan fingerprint density at radius 1 is 1.31 bits per heavy atom. The van der Waals surface area contributed by atoms with Crippen molar-refractivity contribution < 1.29 is 14.3 Å². The Hall–Kier alpha value is -1.60. The van der Waals surface area contributed by atoms with Gasteiger partial charge in [0.2, 0.25) is 5.28 Å². The van der Waals surface area contributed by atoms with Gasteiger partial charge in [-0.2, -0.15) is 0 Å². The van der Waals surface area contributed by atoms with Crippen LogP contribution >= 0.6 is 27.5 Å². The van der Waals surface area contributed by atoms with Crippen LogP contribution in [-0.4, -0.2) is 45.8 Å². The number of carbonyl (C=O) groups excluding carboxylic acids is 1. The lowest BCUT2D eigenvalue weighted by atomic mass is 10.1. The first kappa shape index (κ1) is 19.2. The van der Waals surface area contributed by atoms with E-state index in [1.165, 1.54) is 0 Å². The van der Waals surface area contributed by atoms with Crippen molar-refractivity contribution >= 4 is 44.5 Å². The number of ether oxygens (including phenoxy) is 2. The number of piperidine rings is 1. The van der Waals surface area contributed by atoms with E-state index in [0.717, 1.165) is 22.7 Å². The Morgan fingerprint density at radius 3 is 2.65 bits per heavy atom.